The molecule has 0 fully saturated rings. The van der Waals surface area contributed by atoms with Crippen molar-refractivity contribution in [3.05, 3.63) is 22.8 Å². The quantitative estimate of drug-likeness (QED) is 0.606. The molecule has 0 saturated carbocycles. The first-order valence-electron chi connectivity index (χ1n) is 6.81. The van der Waals surface area contributed by atoms with E-state index in [0.29, 0.717) is 11.4 Å². The molecule has 0 bridgehead atoms. The Labute approximate surface area is 136 Å². The van der Waals surface area contributed by atoms with Crippen molar-refractivity contribution in [3.8, 4) is 0 Å². The highest BCUT2D eigenvalue weighted by Crippen LogP contribution is 2.24. The molecule has 1 aromatic rings. The fraction of sp³-hybridized carbons (Fsp3) is 0.286. The molecule has 23 heavy (non-hydrogen) atoms. The fourth-order valence-corrected chi connectivity index (χ4v) is 2.49. The Bertz CT molecular complexity index is 802. The Morgan fingerprint density at radius 1 is 1.09 bits per heavy atom. The molecule has 118 valence electrons. The number of carbonyl (C=O) groups is 3. The summed E-state index contributed by atoms with van der Waals surface area (Å²) in [5, 5.41) is 9.89. The number of carbonyl (C=O) groups excluding carboxylic acids is 3. The summed E-state index contributed by atoms with van der Waals surface area (Å²) in [6.45, 7) is 3.38. The minimum atomic E-state index is -0.621. The summed E-state index contributed by atoms with van der Waals surface area (Å²) in [5.41, 5.74) is 1.30. The lowest BCUT2D eigenvalue weighted by molar-refractivity contribution is -0.126. The maximum atomic E-state index is 12.4. The molecule has 2 aliphatic heterocycles. The maximum absolute atomic E-state index is 12.4. The van der Waals surface area contributed by atoms with Crippen LogP contribution in [0, 0.1) is 0 Å². The zero-order valence-corrected chi connectivity index (χ0v) is 13.2. The van der Waals surface area contributed by atoms with E-state index in [1.54, 1.807) is 13.8 Å². The van der Waals surface area contributed by atoms with Crippen LogP contribution in [0.5, 0.6) is 0 Å². The number of hydrogen-bond donors (Lipinski definition) is 0. The van der Waals surface area contributed by atoms with Crippen molar-refractivity contribution in [1.82, 2.24) is 9.99 Å². The van der Waals surface area contributed by atoms with Gasteiger partial charge < -0.3 is 0 Å². The average molecular weight is 334 g/mol. The number of rotatable bonds is 2. The zero-order valence-electron chi connectivity index (χ0n) is 12.4. The van der Waals surface area contributed by atoms with Crippen LogP contribution >= 0.6 is 11.6 Å². The van der Waals surface area contributed by atoms with Crippen LogP contribution in [0.25, 0.3) is 0 Å². The molecular weight excluding hydrogens is 322 g/mol. The molecule has 2 aliphatic rings. The van der Waals surface area contributed by atoms with Crippen molar-refractivity contribution in [2.75, 3.05) is 5.01 Å². The Morgan fingerprint density at radius 2 is 1.74 bits per heavy atom. The van der Waals surface area contributed by atoms with Crippen LogP contribution in [-0.2, 0) is 9.59 Å². The summed E-state index contributed by atoms with van der Waals surface area (Å²) in [4.78, 5) is 40.1. The van der Waals surface area contributed by atoms with E-state index in [1.807, 2.05) is 0 Å². The van der Waals surface area contributed by atoms with E-state index in [9.17, 15) is 14.4 Å². The third-order valence-electron chi connectivity index (χ3n) is 3.26. The summed E-state index contributed by atoms with van der Waals surface area (Å²) >= 11 is 5.94. The van der Waals surface area contributed by atoms with Crippen LogP contribution in [0.3, 0.4) is 0 Å². The van der Waals surface area contributed by atoms with Crippen molar-refractivity contribution in [2.45, 2.75) is 26.7 Å². The second-order valence-electron chi connectivity index (χ2n) is 5.28. The monoisotopic (exact) mass is 333 g/mol. The van der Waals surface area contributed by atoms with Gasteiger partial charge in [-0.2, -0.15) is 20.2 Å². The van der Waals surface area contributed by atoms with Gasteiger partial charge in [-0.05, 0) is 26.0 Å². The van der Waals surface area contributed by atoms with Crippen LogP contribution in [0.1, 0.15) is 37.0 Å². The molecule has 3 heterocycles. The largest absolute Gasteiger partial charge is 0.281 e. The highest BCUT2D eigenvalue weighted by Gasteiger charge is 2.30. The maximum Gasteiger partial charge on any atom is 0.281 e. The van der Waals surface area contributed by atoms with Gasteiger partial charge in [-0.25, -0.2) is 4.98 Å². The van der Waals surface area contributed by atoms with E-state index in [0.717, 1.165) is 10.0 Å². The zero-order chi connectivity index (χ0) is 16.7. The normalized spacial score (nSPS) is 17.7. The van der Waals surface area contributed by atoms with Crippen LogP contribution in [-0.4, -0.2) is 39.1 Å². The second-order valence-corrected chi connectivity index (χ2v) is 5.66. The van der Waals surface area contributed by atoms with E-state index in [2.05, 4.69) is 15.2 Å². The van der Waals surface area contributed by atoms with Crippen molar-refractivity contribution in [2.24, 2.45) is 10.2 Å². The molecule has 3 amide bonds. The fourth-order valence-electron chi connectivity index (χ4n) is 2.29. The molecule has 0 radical (unpaired) electrons. The summed E-state index contributed by atoms with van der Waals surface area (Å²) in [6, 6.07) is 2.69. The van der Waals surface area contributed by atoms with E-state index in [-0.39, 0.29) is 35.3 Å². The van der Waals surface area contributed by atoms with Gasteiger partial charge in [-0.1, -0.05) is 11.6 Å². The predicted octanol–water partition coefficient (Wildman–Crippen LogP) is 1.60. The average Bonchev–Trinajstić information content (AvgIpc) is 2.98. The van der Waals surface area contributed by atoms with E-state index >= 15 is 0 Å². The Kier molecular flexibility index (Phi) is 3.69. The molecule has 3 rings (SSSR count). The molecular formula is C14H12ClN5O3. The number of hydrogen-bond acceptors (Lipinski definition) is 6. The molecule has 0 atom stereocenters. The van der Waals surface area contributed by atoms with Gasteiger partial charge in [0.25, 0.3) is 17.7 Å². The van der Waals surface area contributed by atoms with Gasteiger partial charge in [0.2, 0.25) is 0 Å². The van der Waals surface area contributed by atoms with Crippen molar-refractivity contribution in [1.29, 1.82) is 0 Å². The summed E-state index contributed by atoms with van der Waals surface area (Å²) in [6.07, 6.45) is 0.289. The van der Waals surface area contributed by atoms with Gasteiger partial charge in [0, 0.05) is 17.0 Å². The standard InChI is InChI=1S/C14H12ClN5O3/c1-7-3-12(21)19(17-7)11-6-9(5-10(15)16-11)14(23)20-13(22)4-8(2)18-20/h5-6H,3-4H2,1-2H3. The highest BCUT2D eigenvalue weighted by atomic mass is 35.5. The first-order chi connectivity index (χ1) is 10.8. The molecule has 0 N–H and O–H groups in total. The minimum Gasteiger partial charge on any atom is -0.272 e. The lowest BCUT2D eigenvalue weighted by Crippen LogP contribution is -2.29. The van der Waals surface area contributed by atoms with Crippen molar-refractivity contribution < 1.29 is 14.4 Å². The number of aromatic nitrogens is 1. The van der Waals surface area contributed by atoms with Gasteiger partial charge in [0.15, 0.2) is 5.82 Å². The van der Waals surface area contributed by atoms with Crippen molar-refractivity contribution >= 4 is 46.6 Å². The van der Waals surface area contributed by atoms with Gasteiger partial charge in [-0.3, -0.25) is 14.4 Å². The molecule has 1 aromatic heterocycles. The number of amides is 3. The Morgan fingerprint density at radius 3 is 2.30 bits per heavy atom. The molecule has 0 saturated heterocycles. The van der Waals surface area contributed by atoms with E-state index < -0.39 is 11.8 Å². The third-order valence-corrected chi connectivity index (χ3v) is 3.46. The predicted molar refractivity (Wildman–Crippen MR) is 83.4 cm³/mol. The van der Waals surface area contributed by atoms with Crippen LogP contribution in [0.15, 0.2) is 22.3 Å². The van der Waals surface area contributed by atoms with Crippen molar-refractivity contribution in [3.63, 3.8) is 0 Å². The van der Waals surface area contributed by atoms with Gasteiger partial charge >= 0.3 is 0 Å². The third kappa shape index (κ3) is 2.85. The first-order valence-corrected chi connectivity index (χ1v) is 7.19. The van der Waals surface area contributed by atoms with E-state index in [4.69, 9.17) is 11.6 Å². The van der Waals surface area contributed by atoms with E-state index in [1.165, 1.54) is 12.1 Å². The summed E-state index contributed by atoms with van der Waals surface area (Å²) < 4.78 is 0. The topological polar surface area (TPSA) is 95.3 Å². The summed E-state index contributed by atoms with van der Waals surface area (Å²) in [7, 11) is 0. The highest BCUT2D eigenvalue weighted by molar-refractivity contribution is 6.30. The number of imide groups is 1. The Balaban J connectivity index is 1.97. The number of hydrazone groups is 2. The minimum absolute atomic E-state index is 0.0192. The molecule has 0 spiro atoms. The lowest BCUT2D eigenvalue weighted by atomic mass is 10.2. The molecule has 8 nitrogen and oxygen atoms in total. The molecule has 0 unspecified atom stereocenters. The van der Waals surface area contributed by atoms with Crippen LogP contribution < -0.4 is 5.01 Å². The number of anilines is 1. The number of nitrogens with zero attached hydrogens (tertiary/aromatic N) is 5. The number of halogens is 1. The lowest BCUT2D eigenvalue weighted by Gasteiger charge is -2.14. The van der Waals surface area contributed by atoms with Crippen LogP contribution in [0.4, 0.5) is 5.82 Å². The smallest absolute Gasteiger partial charge is 0.272 e. The van der Waals surface area contributed by atoms with Gasteiger partial charge in [0.1, 0.15) is 5.15 Å². The van der Waals surface area contributed by atoms with Gasteiger partial charge in [-0.15, -0.1) is 0 Å². The first kappa shape index (κ1) is 15.3. The molecule has 0 aliphatic carbocycles. The molecule has 9 heteroatoms. The SMILES string of the molecule is CC1=NN(C(=O)c2cc(Cl)nc(N3N=C(C)CC3=O)c2)C(=O)C1. The summed E-state index contributed by atoms with van der Waals surface area (Å²) in [5.74, 6) is -1.16. The Hall–Kier alpha value is -2.61. The van der Waals surface area contributed by atoms with Gasteiger partial charge in [0.05, 0.1) is 12.8 Å². The van der Waals surface area contributed by atoms with Crippen LogP contribution in [0.2, 0.25) is 5.15 Å². The second kappa shape index (κ2) is 5.54. The molecule has 0 aromatic carbocycles. The number of pyridine rings is 1.